The minimum Gasteiger partial charge on any atom is -0.257 e. The van der Waals surface area contributed by atoms with Gasteiger partial charge < -0.3 is 0 Å². The van der Waals surface area contributed by atoms with Crippen LogP contribution in [0.25, 0.3) is 0 Å². The Balaban J connectivity index is 1.76. The molecule has 3 aromatic rings. The van der Waals surface area contributed by atoms with E-state index in [2.05, 4.69) is 72.6 Å². The van der Waals surface area contributed by atoms with Gasteiger partial charge in [-0.05, 0) is 42.7 Å². The van der Waals surface area contributed by atoms with Crippen molar-refractivity contribution >= 4 is 23.0 Å². The van der Waals surface area contributed by atoms with Crippen molar-refractivity contribution in [2.45, 2.75) is 26.3 Å². The lowest BCUT2D eigenvalue weighted by molar-refractivity contribution is 0.709. The second kappa shape index (κ2) is 6.97. The van der Waals surface area contributed by atoms with Crippen LogP contribution < -0.4 is 5.01 Å². The number of nitrogens with zero attached hydrogens (tertiary/aromatic N) is 2. The Bertz CT molecular complexity index is 946. The van der Waals surface area contributed by atoms with Gasteiger partial charge in [-0.15, -0.1) is 0 Å². The van der Waals surface area contributed by atoms with Crippen molar-refractivity contribution in [2.24, 2.45) is 5.10 Å². The molecule has 0 radical (unpaired) electrons. The van der Waals surface area contributed by atoms with Crippen molar-refractivity contribution < 1.29 is 0 Å². The molecule has 0 N–H and O–H groups in total. The predicted octanol–water partition coefficient (Wildman–Crippen LogP) is 6.31. The van der Waals surface area contributed by atoms with Gasteiger partial charge >= 0.3 is 0 Å². The molecule has 0 unspecified atom stereocenters. The van der Waals surface area contributed by atoms with Crippen LogP contribution in [0.4, 0.5) is 5.69 Å². The molecular weight excluding hydrogens is 340 g/mol. The van der Waals surface area contributed by atoms with Gasteiger partial charge in [0.15, 0.2) is 0 Å². The van der Waals surface area contributed by atoms with E-state index in [0.29, 0.717) is 0 Å². The molecule has 1 aliphatic heterocycles. The molecule has 3 heteroatoms. The summed E-state index contributed by atoms with van der Waals surface area (Å²) in [6, 6.07) is 25.5. The highest BCUT2D eigenvalue weighted by Gasteiger charge is 2.30. The fourth-order valence-corrected chi connectivity index (χ4v) is 3.50. The highest BCUT2D eigenvalue weighted by Crippen LogP contribution is 2.37. The molecule has 0 aliphatic carbocycles. The molecule has 0 amide bonds. The van der Waals surface area contributed by atoms with Crippen LogP contribution in [0, 0.1) is 13.8 Å². The zero-order valence-electron chi connectivity index (χ0n) is 15.0. The Morgan fingerprint density at radius 1 is 0.923 bits per heavy atom. The van der Waals surface area contributed by atoms with Gasteiger partial charge in [0.2, 0.25) is 0 Å². The van der Waals surface area contributed by atoms with Gasteiger partial charge in [-0.2, -0.15) is 5.10 Å². The molecule has 0 aromatic heterocycles. The van der Waals surface area contributed by atoms with E-state index in [4.69, 9.17) is 16.7 Å². The second-order valence-electron chi connectivity index (χ2n) is 6.82. The van der Waals surface area contributed by atoms with Crippen molar-refractivity contribution in [3.05, 3.63) is 100 Å². The molecule has 4 rings (SSSR count). The topological polar surface area (TPSA) is 15.6 Å². The number of halogens is 1. The minimum atomic E-state index is 0.172. The van der Waals surface area contributed by atoms with Crippen molar-refractivity contribution in [2.75, 3.05) is 5.01 Å². The lowest BCUT2D eigenvalue weighted by Gasteiger charge is -2.24. The largest absolute Gasteiger partial charge is 0.257 e. The summed E-state index contributed by atoms with van der Waals surface area (Å²) in [6.07, 6.45) is 0.874. The molecule has 0 spiro atoms. The molecule has 0 bridgehead atoms. The molecule has 0 saturated heterocycles. The molecule has 1 aliphatic rings. The maximum atomic E-state index is 6.38. The van der Waals surface area contributed by atoms with E-state index in [-0.39, 0.29) is 6.04 Å². The van der Waals surface area contributed by atoms with E-state index >= 15 is 0 Å². The Morgan fingerprint density at radius 2 is 1.65 bits per heavy atom. The van der Waals surface area contributed by atoms with Crippen molar-refractivity contribution in [3.8, 4) is 0 Å². The average Bonchev–Trinajstić information content (AvgIpc) is 3.11. The predicted molar refractivity (Wildman–Crippen MR) is 110 cm³/mol. The van der Waals surface area contributed by atoms with Crippen molar-refractivity contribution in [1.29, 1.82) is 0 Å². The lowest BCUT2D eigenvalue weighted by Crippen LogP contribution is -2.18. The van der Waals surface area contributed by atoms with Crippen LogP contribution in [-0.4, -0.2) is 5.71 Å². The summed E-state index contributed by atoms with van der Waals surface area (Å²) >= 11 is 6.38. The van der Waals surface area contributed by atoms with Gasteiger partial charge in [0.1, 0.15) is 0 Å². The Hall–Kier alpha value is -2.58. The normalized spacial score (nSPS) is 16.7. The summed E-state index contributed by atoms with van der Waals surface area (Å²) in [5.74, 6) is 0. The van der Waals surface area contributed by atoms with Crippen LogP contribution in [-0.2, 0) is 0 Å². The van der Waals surface area contributed by atoms with E-state index in [0.717, 1.165) is 28.4 Å². The molecule has 130 valence electrons. The quantitative estimate of drug-likeness (QED) is 0.534. The van der Waals surface area contributed by atoms with Crippen LogP contribution in [0.1, 0.15) is 34.7 Å². The third-order valence-corrected chi connectivity index (χ3v) is 5.31. The third-order valence-electron chi connectivity index (χ3n) is 4.90. The van der Waals surface area contributed by atoms with Crippen molar-refractivity contribution in [1.82, 2.24) is 0 Å². The number of hydrogen-bond donors (Lipinski definition) is 0. The van der Waals surface area contributed by atoms with Crippen LogP contribution in [0.2, 0.25) is 5.02 Å². The van der Waals surface area contributed by atoms with Crippen LogP contribution in [0.3, 0.4) is 0 Å². The molecule has 1 heterocycles. The standard InChI is InChI=1S/C23H21ClN2/c1-16-8-11-18(12-9-16)22-15-23(19-6-4-3-5-7-19)26(25-22)20-13-10-17(2)21(24)14-20/h3-14,23H,15H2,1-2H3/t23-/m1/s1. The first-order chi connectivity index (χ1) is 12.6. The van der Waals surface area contributed by atoms with E-state index in [9.17, 15) is 0 Å². The summed E-state index contributed by atoms with van der Waals surface area (Å²) in [5.41, 5.74) is 6.90. The summed E-state index contributed by atoms with van der Waals surface area (Å²) in [6.45, 7) is 4.12. The molecule has 0 saturated carbocycles. The third kappa shape index (κ3) is 3.25. The fraction of sp³-hybridized carbons (Fsp3) is 0.174. The number of rotatable bonds is 3. The first kappa shape index (κ1) is 16.9. The number of benzene rings is 3. The highest BCUT2D eigenvalue weighted by molar-refractivity contribution is 6.31. The monoisotopic (exact) mass is 360 g/mol. The minimum absolute atomic E-state index is 0.172. The molecule has 26 heavy (non-hydrogen) atoms. The zero-order valence-corrected chi connectivity index (χ0v) is 15.7. The molecule has 1 atom stereocenters. The Labute approximate surface area is 159 Å². The SMILES string of the molecule is Cc1ccc(C2=NN(c3ccc(C)c(Cl)c3)[C@@H](c3ccccc3)C2)cc1. The van der Waals surface area contributed by atoms with E-state index in [1.165, 1.54) is 16.7 Å². The van der Waals surface area contributed by atoms with Gasteiger partial charge in [0.25, 0.3) is 0 Å². The lowest BCUT2D eigenvalue weighted by atomic mass is 9.98. The number of hydrazone groups is 1. The number of aryl methyl sites for hydroxylation is 2. The first-order valence-corrected chi connectivity index (χ1v) is 9.24. The summed E-state index contributed by atoms with van der Waals surface area (Å²) in [4.78, 5) is 0. The summed E-state index contributed by atoms with van der Waals surface area (Å²) < 4.78 is 0. The van der Waals surface area contributed by atoms with E-state index in [1.807, 2.05) is 19.1 Å². The molecule has 3 aromatic carbocycles. The number of anilines is 1. The maximum Gasteiger partial charge on any atom is 0.0831 e. The van der Waals surface area contributed by atoms with Gasteiger partial charge in [0, 0.05) is 11.4 Å². The van der Waals surface area contributed by atoms with E-state index in [1.54, 1.807) is 0 Å². The van der Waals surface area contributed by atoms with Crippen molar-refractivity contribution in [3.63, 3.8) is 0 Å². The Morgan fingerprint density at radius 3 is 2.35 bits per heavy atom. The van der Waals surface area contributed by atoms with Crippen LogP contribution >= 0.6 is 11.6 Å². The molecular formula is C23H21ClN2. The van der Waals surface area contributed by atoms with Gasteiger partial charge in [-0.3, -0.25) is 5.01 Å². The molecule has 0 fully saturated rings. The summed E-state index contributed by atoms with van der Waals surface area (Å²) in [5, 5.41) is 7.86. The van der Waals surface area contributed by atoms with E-state index < -0.39 is 0 Å². The van der Waals surface area contributed by atoms with Gasteiger partial charge in [0.05, 0.1) is 17.4 Å². The number of hydrogen-bond acceptors (Lipinski definition) is 2. The first-order valence-electron chi connectivity index (χ1n) is 8.86. The van der Waals surface area contributed by atoms with Gasteiger partial charge in [-0.25, -0.2) is 0 Å². The molecule has 2 nitrogen and oxygen atoms in total. The highest BCUT2D eigenvalue weighted by atomic mass is 35.5. The zero-order chi connectivity index (χ0) is 18.1. The summed E-state index contributed by atoms with van der Waals surface area (Å²) in [7, 11) is 0. The van der Waals surface area contributed by atoms with Crippen LogP contribution in [0.15, 0.2) is 77.9 Å². The maximum absolute atomic E-state index is 6.38. The fourth-order valence-electron chi connectivity index (χ4n) is 3.33. The average molecular weight is 361 g/mol. The second-order valence-corrected chi connectivity index (χ2v) is 7.23. The Kier molecular flexibility index (Phi) is 4.52. The van der Waals surface area contributed by atoms with Gasteiger partial charge in [-0.1, -0.05) is 77.8 Å². The van der Waals surface area contributed by atoms with Crippen LogP contribution in [0.5, 0.6) is 0 Å². The smallest absolute Gasteiger partial charge is 0.0831 e.